The third-order valence-electron chi connectivity index (χ3n) is 2.75. The van der Waals surface area contributed by atoms with Crippen molar-refractivity contribution < 1.29 is 0 Å². The van der Waals surface area contributed by atoms with Crippen LogP contribution in [0.15, 0.2) is 15.5 Å². The number of nitrogens with zero attached hydrogens (tertiary/aromatic N) is 2. The van der Waals surface area contributed by atoms with E-state index in [-0.39, 0.29) is 5.56 Å². The quantitative estimate of drug-likeness (QED) is 0.868. The highest BCUT2D eigenvalue weighted by molar-refractivity contribution is 9.10. The minimum atomic E-state index is -0.0737. The number of nitrogens with one attached hydrogen (secondary N) is 1. The fraction of sp³-hybridized carbons (Fsp3) is 0.714. The molecule has 0 bridgehead atoms. The summed E-state index contributed by atoms with van der Waals surface area (Å²) in [7, 11) is 0. The van der Waals surface area contributed by atoms with Gasteiger partial charge in [0, 0.05) is 12.6 Å². The van der Waals surface area contributed by atoms with Gasteiger partial charge in [0.2, 0.25) is 0 Å². The SMILES string of the molecule is CC(C)CC(C)Nc1cnn(CC(C)C)c(=O)c1Br. The molecule has 0 aromatic carbocycles. The van der Waals surface area contributed by atoms with Gasteiger partial charge in [0.05, 0.1) is 11.9 Å². The fourth-order valence-electron chi connectivity index (χ4n) is 2.07. The number of halogens is 1. The molecular formula is C14H24BrN3O. The average Bonchev–Trinajstić information content (AvgIpc) is 2.27. The summed E-state index contributed by atoms with van der Waals surface area (Å²) in [6.07, 6.45) is 2.78. The predicted octanol–water partition coefficient (Wildman–Crippen LogP) is 3.51. The lowest BCUT2D eigenvalue weighted by atomic mass is 10.1. The van der Waals surface area contributed by atoms with Gasteiger partial charge in [-0.15, -0.1) is 0 Å². The second-order valence-corrected chi connectivity index (χ2v) is 6.72. The highest BCUT2D eigenvalue weighted by Gasteiger charge is 2.12. The van der Waals surface area contributed by atoms with E-state index < -0.39 is 0 Å². The van der Waals surface area contributed by atoms with Gasteiger partial charge in [-0.25, -0.2) is 4.68 Å². The van der Waals surface area contributed by atoms with E-state index in [0.717, 1.165) is 12.1 Å². The molecule has 0 aliphatic rings. The zero-order valence-corrected chi connectivity index (χ0v) is 14.0. The summed E-state index contributed by atoms with van der Waals surface area (Å²) >= 11 is 3.38. The van der Waals surface area contributed by atoms with E-state index in [2.05, 4.69) is 61.0 Å². The Bertz CT molecular complexity index is 468. The van der Waals surface area contributed by atoms with Gasteiger partial charge in [-0.3, -0.25) is 4.79 Å². The summed E-state index contributed by atoms with van der Waals surface area (Å²) in [6, 6.07) is 0.318. The summed E-state index contributed by atoms with van der Waals surface area (Å²) < 4.78 is 2.08. The smallest absolute Gasteiger partial charge is 0.283 e. The summed E-state index contributed by atoms with van der Waals surface area (Å²) in [4.78, 5) is 12.1. The molecule has 1 N–H and O–H groups in total. The molecule has 5 heteroatoms. The van der Waals surface area contributed by atoms with E-state index in [1.807, 2.05) is 0 Å². The highest BCUT2D eigenvalue weighted by Crippen LogP contribution is 2.19. The van der Waals surface area contributed by atoms with Gasteiger partial charge in [-0.05, 0) is 41.1 Å². The van der Waals surface area contributed by atoms with Crippen LogP contribution in [0.5, 0.6) is 0 Å². The molecule has 1 aromatic heterocycles. The molecule has 0 fully saturated rings. The predicted molar refractivity (Wildman–Crippen MR) is 83.6 cm³/mol. The van der Waals surface area contributed by atoms with Gasteiger partial charge in [-0.2, -0.15) is 5.10 Å². The fourth-order valence-corrected chi connectivity index (χ4v) is 2.49. The molecule has 1 rings (SSSR count). The minimum Gasteiger partial charge on any atom is -0.380 e. The van der Waals surface area contributed by atoms with E-state index in [1.165, 1.54) is 4.68 Å². The molecule has 0 aliphatic heterocycles. The van der Waals surface area contributed by atoms with Gasteiger partial charge < -0.3 is 5.32 Å². The topological polar surface area (TPSA) is 46.9 Å². The number of rotatable bonds is 6. The molecule has 0 aliphatic carbocycles. The van der Waals surface area contributed by atoms with Gasteiger partial charge >= 0.3 is 0 Å². The lowest BCUT2D eigenvalue weighted by Crippen LogP contribution is -2.28. The zero-order valence-electron chi connectivity index (χ0n) is 12.4. The van der Waals surface area contributed by atoms with Gasteiger partial charge in [0.15, 0.2) is 0 Å². The molecule has 19 heavy (non-hydrogen) atoms. The molecule has 108 valence electrons. The van der Waals surface area contributed by atoms with Crippen molar-refractivity contribution in [1.29, 1.82) is 0 Å². The van der Waals surface area contributed by atoms with Crippen molar-refractivity contribution in [2.24, 2.45) is 11.8 Å². The molecule has 0 amide bonds. The van der Waals surface area contributed by atoms with Gasteiger partial charge in [0.1, 0.15) is 4.47 Å². The van der Waals surface area contributed by atoms with Crippen molar-refractivity contribution in [3.8, 4) is 0 Å². The normalized spacial score (nSPS) is 13.1. The first kappa shape index (κ1) is 16.2. The highest BCUT2D eigenvalue weighted by atomic mass is 79.9. The second kappa shape index (κ2) is 7.08. The maximum Gasteiger partial charge on any atom is 0.283 e. The lowest BCUT2D eigenvalue weighted by Gasteiger charge is -2.18. The van der Waals surface area contributed by atoms with Crippen LogP contribution in [0.4, 0.5) is 5.69 Å². The Labute approximate surface area is 123 Å². The summed E-state index contributed by atoms with van der Waals surface area (Å²) in [6.45, 7) is 11.3. The molecule has 1 unspecified atom stereocenters. The van der Waals surface area contributed by atoms with Crippen LogP contribution >= 0.6 is 15.9 Å². The Hall–Kier alpha value is -0.840. The van der Waals surface area contributed by atoms with Crippen molar-refractivity contribution in [3.63, 3.8) is 0 Å². The molecule has 1 heterocycles. The lowest BCUT2D eigenvalue weighted by molar-refractivity contribution is 0.462. The number of anilines is 1. The van der Waals surface area contributed by atoms with Crippen molar-refractivity contribution in [3.05, 3.63) is 21.0 Å². The van der Waals surface area contributed by atoms with Gasteiger partial charge in [0.25, 0.3) is 5.56 Å². The first-order chi connectivity index (χ1) is 8.81. The maximum atomic E-state index is 12.1. The van der Waals surface area contributed by atoms with E-state index in [4.69, 9.17) is 0 Å². The van der Waals surface area contributed by atoms with Crippen LogP contribution in [0.3, 0.4) is 0 Å². The average molecular weight is 330 g/mol. The van der Waals surface area contributed by atoms with Crippen molar-refractivity contribution in [2.75, 3.05) is 5.32 Å². The van der Waals surface area contributed by atoms with E-state index in [9.17, 15) is 4.79 Å². The molecule has 4 nitrogen and oxygen atoms in total. The van der Waals surface area contributed by atoms with E-state index in [0.29, 0.717) is 28.9 Å². The molecular weight excluding hydrogens is 306 g/mol. The van der Waals surface area contributed by atoms with Crippen LogP contribution in [0.2, 0.25) is 0 Å². The second-order valence-electron chi connectivity index (χ2n) is 5.93. The number of hydrogen-bond acceptors (Lipinski definition) is 3. The van der Waals surface area contributed by atoms with Crippen LogP contribution in [-0.2, 0) is 6.54 Å². The Morgan fingerprint density at radius 3 is 2.42 bits per heavy atom. The number of aromatic nitrogens is 2. The van der Waals surface area contributed by atoms with Crippen molar-refractivity contribution in [2.45, 2.75) is 53.6 Å². The molecule has 0 saturated heterocycles. The summed E-state index contributed by atoms with van der Waals surface area (Å²) in [5, 5.41) is 7.56. The molecule has 1 aromatic rings. The first-order valence-electron chi connectivity index (χ1n) is 6.83. The zero-order chi connectivity index (χ0) is 14.6. The number of hydrogen-bond donors (Lipinski definition) is 1. The summed E-state index contributed by atoms with van der Waals surface area (Å²) in [5.41, 5.74) is 0.702. The van der Waals surface area contributed by atoms with E-state index >= 15 is 0 Å². The summed E-state index contributed by atoms with van der Waals surface area (Å²) in [5.74, 6) is 1.02. The van der Waals surface area contributed by atoms with Crippen molar-refractivity contribution in [1.82, 2.24) is 9.78 Å². The third kappa shape index (κ3) is 4.97. The standard InChI is InChI=1S/C14H24BrN3O/c1-9(2)6-11(5)17-12-7-16-18(8-10(3)4)14(19)13(12)15/h7,9-11,17H,6,8H2,1-5H3. The molecule has 1 atom stereocenters. The van der Waals surface area contributed by atoms with Crippen LogP contribution in [-0.4, -0.2) is 15.8 Å². The molecule has 0 spiro atoms. The van der Waals surface area contributed by atoms with Crippen LogP contribution in [0.25, 0.3) is 0 Å². The maximum absolute atomic E-state index is 12.1. The Balaban J connectivity index is 2.87. The Kier molecular flexibility index (Phi) is 6.04. The van der Waals surface area contributed by atoms with Crippen molar-refractivity contribution >= 4 is 21.6 Å². The largest absolute Gasteiger partial charge is 0.380 e. The van der Waals surface area contributed by atoms with Crippen LogP contribution < -0.4 is 10.9 Å². The van der Waals surface area contributed by atoms with Gasteiger partial charge in [-0.1, -0.05) is 27.7 Å². The first-order valence-corrected chi connectivity index (χ1v) is 7.62. The molecule has 0 radical (unpaired) electrons. The minimum absolute atomic E-state index is 0.0737. The van der Waals surface area contributed by atoms with E-state index in [1.54, 1.807) is 6.20 Å². The van der Waals surface area contributed by atoms with Crippen LogP contribution in [0.1, 0.15) is 41.0 Å². The monoisotopic (exact) mass is 329 g/mol. The Morgan fingerprint density at radius 2 is 1.89 bits per heavy atom. The Morgan fingerprint density at radius 1 is 1.26 bits per heavy atom. The third-order valence-corrected chi connectivity index (χ3v) is 3.52. The van der Waals surface area contributed by atoms with Crippen LogP contribution in [0, 0.1) is 11.8 Å². The molecule has 0 saturated carbocycles.